The Morgan fingerprint density at radius 2 is 2.00 bits per heavy atom. The Bertz CT molecular complexity index is 1110. The summed E-state index contributed by atoms with van der Waals surface area (Å²) in [7, 11) is -3.57. The number of piperidine rings is 1. The summed E-state index contributed by atoms with van der Waals surface area (Å²) in [5.41, 5.74) is 1.69. The van der Waals surface area contributed by atoms with Crippen molar-refractivity contribution in [1.29, 1.82) is 5.26 Å². The Balaban J connectivity index is 1.42. The van der Waals surface area contributed by atoms with Crippen molar-refractivity contribution in [3.05, 3.63) is 32.5 Å². The van der Waals surface area contributed by atoms with E-state index < -0.39 is 10.0 Å². The fourth-order valence-corrected chi connectivity index (χ4v) is 8.56. The molecule has 1 amide bonds. The van der Waals surface area contributed by atoms with Crippen LogP contribution in [0.2, 0.25) is 4.34 Å². The number of sulfonamides is 1. The monoisotopic (exact) mass is 483 g/mol. The van der Waals surface area contributed by atoms with Crippen LogP contribution in [-0.2, 0) is 27.7 Å². The van der Waals surface area contributed by atoms with Crippen LogP contribution < -0.4 is 5.32 Å². The van der Waals surface area contributed by atoms with Crippen LogP contribution >= 0.6 is 34.3 Å². The van der Waals surface area contributed by atoms with Gasteiger partial charge in [-0.2, -0.15) is 9.57 Å². The molecular weight excluding hydrogens is 462 g/mol. The lowest BCUT2D eigenvalue weighted by molar-refractivity contribution is -0.120. The van der Waals surface area contributed by atoms with E-state index in [1.807, 2.05) is 0 Å². The molecule has 10 heteroatoms. The van der Waals surface area contributed by atoms with Crippen molar-refractivity contribution in [1.82, 2.24) is 4.31 Å². The summed E-state index contributed by atoms with van der Waals surface area (Å²) in [5.74, 6) is 0.193. The van der Waals surface area contributed by atoms with Crippen molar-refractivity contribution >= 4 is 55.2 Å². The van der Waals surface area contributed by atoms with Gasteiger partial charge in [-0.05, 0) is 55.7 Å². The van der Waals surface area contributed by atoms with Gasteiger partial charge in [0.25, 0.3) is 10.0 Å². The quantitative estimate of drug-likeness (QED) is 0.693. The van der Waals surface area contributed by atoms with Crippen molar-refractivity contribution in [2.75, 3.05) is 18.4 Å². The molecule has 1 saturated heterocycles. The molecule has 1 atom stereocenters. The molecule has 2 aliphatic rings. The van der Waals surface area contributed by atoms with Crippen LogP contribution in [0.25, 0.3) is 0 Å². The van der Waals surface area contributed by atoms with E-state index in [1.165, 1.54) is 26.6 Å². The first-order valence-electron chi connectivity index (χ1n) is 9.90. The Morgan fingerprint density at radius 1 is 1.27 bits per heavy atom. The average Bonchev–Trinajstić information content (AvgIpc) is 3.31. The summed E-state index contributed by atoms with van der Waals surface area (Å²) in [6, 6.07) is 5.37. The maximum absolute atomic E-state index is 12.8. The maximum atomic E-state index is 12.8. The number of hydrogen-bond acceptors (Lipinski definition) is 6. The van der Waals surface area contributed by atoms with E-state index in [2.05, 4.69) is 18.3 Å². The smallest absolute Gasteiger partial charge is 0.252 e. The van der Waals surface area contributed by atoms with Gasteiger partial charge in [0, 0.05) is 23.9 Å². The minimum Gasteiger partial charge on any atom is -0.316 e. The number of rotatable bonds is 4. The third kappa shape index (κ3) is 4.16. The lowest BCUT2D eigenvalue weighted by Gasteiger charge is -2.30. The van der Waals surface area contributed by atoms with Gasteiger partial charge in [0.05, 0.1) is 9.90 Å². The zero-order valence-electron chi connectivity index (χ0n) is 16.5. The number of carbonyl (C=O) groups is 1. The number of hydrogen-bond donors (Lipinski definition) is 1. The molecule has 1 aliphatic carbocycles. The molecule has 2 aromatic heterocycles. The standard InChI is InChI=1S/C20H22ClN3O3S3/c1-12-2-3-14-15(11-22)20(28-16(14)10-12)23-19(25)13-6-8-24(9-7-13)30(26,27)18-5-4-17(21)29-18/h4-5,12-13H,2-3,6-10H2,1H3,(H,23,25)/t12-/m0/s1. The molecule has 0 aromatic carbocycles. The van der Waals surface area contributed by atoms with Gasteiger partial charge in [0.2, 0.25) is 5.91 Å². The first-order valence-corrected chi connectivity index (χ1v) is 13.4. The molecule has 1 fully saturated rings. The van der Waals surface area contributed by atoms with E-state index in [1.54, 1.807) is 6.07 Å². The summed E-state index contributed by atoms with van der Waals surface area (Å²) in [6.07, 6.45) is 3.80. The zero-order valence-corrected chi connectivity index (χ0v) is 19.7. The topological polar surface area (TPSA) is 90.3 Å². The number of thiophene rings is 2. The lowest BCUT2D eigenvalue weighted by atomic mass is 9.88. The molecule has 4 rings (SSSR count). The number of fused-ring (bicyclic) bond motifs is 1. The van der Waals surface area contributed by atoms with Gasteiger partial charge in [-0.15, -0.1) is 22.7 Å². The normalized spacial score (nSPS) is 20.5. The Kier molecular flexibility index (Phi) is 6.24. The molecule has 6 nitrogen and oxygen atoms in total. The van der Waals surface area contributed by atoms with Crippen LogP contribution in [0.5, 0.6) is 0 Å². The molecular formula is C20H22ClN3O3S3. The summed E-state index contributed by atoms with van der Waals surface area (Å²) in [5, 5.41) is 13.2. The third-order valence-corrected chi connectivity index (χ3v) is 10.6. The largest absolute Gasteiger partial charge is 0.316 e. The number of halogens is 1. The van der Waals surface area contributed by atoms with Gasteiger partial charge in [0.15, 0.2) is 0 Å². The van der Waals surface area contributed by atoms with Crippen LogP contribution in [0, 0.1) is 23.2 Å². The molecule has 0 radical (unpaired) electrons. The highest BCUT2D eigenvalue weighted by Crippen LogP contribution is 2.39. The molecule has 160 valence electrons. The zero-order chi connectivity index (χ0) is 21.5. The molecule has 0 unspecified atom stereocenters. The molecule has 0 bridgehead atoms. The number of amides is 1. The molecule has 1 aliphatic heterocycles. The van der Waals surface area contributed by atoms with Crippen LogP contribution in [0.4, 0.5) is 5.00 Å². The molecule has 0 spiro atoms. The Labute approximate surface area is 189 Å². The second-order valence-corrected chi connectivity index (χ2v) is 12.9. The highest BCUT2D eigenvalue weighted by molar-refractivity contribution is 7.91. The minimum atomic E-state index is -3.57. The first-order chi connectivity index (χ1) is 14.3. The number of anilines is 1. The Hall–Kier alpha value is -1.44. The predicted octanol–water partition coefficient (Wildman–Crippen LogP) is 4.50. The van der Waals surface area contributed by atoms with E-state index in [0.717, 1.165) is 36.2 Å². The molecule has 30 heavy (non-hydrogen) atoms. The summed E-state index contributed by atoms with van der Waals surface area (Å²) in [4.78, 5) is 14.1. The maximum Gasteiger partial charge on any atom is 0.252 e. The van der Waals surface area contributed by atoms with Crippen LogP contribution in [0.15, 0.2) is 16.3 Å². The molecule has 0 saturated carbocycles. The minimum absolute atomic E-state index is 0.130. The fraction of sp³-hybridized carbons (Fsp3) is 0.500. The fourth-order valence-electron chi connectivity index (χ4n) is 4.09. The SMILES string of the molecule is C[C@H]1CCc2c(sc(NC(=O)C3CCN(S(=O)(=O)c4ccc(Cl)s4)CC3)c2C#N)C1. The predicted molar refractivity (Wildman–Crippen MR) is 120 cm³/mol. The van der Waals surface area contributed by atoms with Gasteiger partial charge < -0.3 is 5.32 Å². The molecule has 2 aromatic rings. The van der Waals surface area contributed by atoms with Gasteiger partial charge in [0.1, 0.15) is 15.3 Å². The summed E-state index contributed by atoms with van der Waals surface area (Å²) >= 11 is 8.43. The van der Waals surface area contributed by atoms with E-state index in [4.69, 9.17) is 11.6 Å². The third-order valence-electron chi connectivity index (χ3n) is 5.83. The average molecular weight is 484 g/mol. The first kappa shape index (κ1) is 21.8. The summed E-state index contributed by atoms with van der Waals surface area (Å²) in [6.45, 7) is 2.79. The van der Waals surface area contributed by atoms with Gasteiger partial charge in [-0.1, -0.05) is 18.5 Å². The van der Waals surface area contributed by atoms with Gasteiger partial charge in [-0.3, -0.25) is 4.79 Å². The lowest BCUT2D eigenvalue weighted by Crippen LogP contribution is -2.41. The number of nitrogens with one attached hydrogen (secondary N) is 1. The highest BCUT2D eigenvalue weighted by Gasteiger charge is 2.34. The van der Waals surface area contributed by atoms with Crippen LogP contribution in [0.1, 0.15) is 42.2 Å². The number of carbonyl (C=O) groups excluding carboxylic acids is 1. The van der Waals surface area contributed by atoms with E-state index in [9.17, 15) is 18.5 Å². The van der Waals surface area contributed by atoms with Crippen LogP contribution in [0.3, 0.4) is 0 Å². The van der Waals surface area contributed by atoms with Gasteiger partial charge in [-0.25, -0.2) is 8.42 Å². The summed E-state index contributed by atoms with van der Waals surface area (Å²) < 4.78 is 27.6. The van der Waals surface area contributed by atoms with E-state index >= 15 is 0 Å². The Morgan fingerprint density at radius 3 is 2.63 bits per heavy atom. The van der Waals surface area contributed by atoms with Crippen molar-refractivity contribution in [2.24, 2.45) is 11.8 Å². The second-order valence-electron chi connectivity index (χ2n) is 7.89. The van der Waals surface area contributed by atoms with Crippen molar-refractivity contribution in [3.8, 4) is 6.07 Å². The van der Waals surface area contributed by atoms with Crippen molar-refractivity contribution in [2.45, 2.75) is 43.2 Å². The molecule has 1 N–H and O–H groups in total. The highest BCUT2D eigenvalue weighted by atomic mass is 35.5. The number of nitrogens with zero attached hydrogens (tertiary/aromatic N) is 2. The van der Waals surface area contributed by atoms with E-state index in [0.29, 0.717) is 46.7 Å². The molecule has 3 heterocycles. The van der Waals surface area contributed by atoms with E-state index in [-0.39, 0.29) is 16.0 Å². The van der Waals surface area contributed by atoms with Crippen molar-refractivity contribution < 1.29 is 13.2 Å². The van der Waals surface area contributed by atoms with Gasteiger partial charge >= 0.3 is 0 Å². The second kappa shape index (κ2) is 8.60. The number of nitriles is 1. The van der Waals surface area contributed by atoms with Crippen LogP contribution in [-0.4, -0.2) is 31.7 Å². The van der Waals surface area contributed by atoms with Crippen molar-refractivity contribution in [3.63, 3.8) is 0 Å².